The summed E-state index contributed by atoms with van der Waals surface area (Å²) in [4.78, 5) is 3.42. The van der Waals surface area contributed by atoms with Crippen molar-refractivity contribution in [2.75, 3.05) is 6.54 Å². The molecule has 0 spiro atoms. The summed E-state index contributed by atoms with van der Waals surface area (Å²) < 4.78 is 1.90. The lowest BCUT2D eigenvalue weighted by Gasteiger charge is -2.37. The molecule has 4 aromatic rings. The highest BCUT2D eigenvalue weighted by molar-refractivity contribution is 6.45. The highest BCUT2D eigenvalue weighted by atomic mass is 35.5. The first-order valence-electron chi connectivity index (χ1n) is 11.5. The van der Waals surface area contributed by atoms with E-state index >= 15 is 0 Å². The number of rotatable bonds is 6. The van der Waals surface area contributed by atoms with Gasteiger partial charge in [0.05, 0.1) is 26.8 Å². The van der Waals surface area contributed by atoms with Crippen molar-refractivity contribution >= 4 is 34.1 Å². The molecule has 0 bridgehead atoms. The van der Waals surface area contributed by atoms with Crippen molar-refractivity contribution in [3.8, 4) is 5.69 Å². The second-order valence-corrected chi connectivity index (χ2v) is 9.87. The van der Waals surface area contributed by atoms with Crippen molar-refractivity contribution in [3.05, 3.63) is 69.1 Å². The zero-order valence-electron chi connectivity index (χ0n) is 19.0. The standard InChI is InChI=1S/C25H28Cl2N6/c1-16-6-8-18(9-7-16)33-24(30-31-32-33)25(13-4-3-5-14-25)28-15-12-19-17(2)29-23-20(19)10-11-21(26)22(23)27/h6-11,28-29H,3-5,12-15H2,1-2H3. The molecule has 0 aliphatic heterocycles. The molecule has 1 saturated carbocycles. The second-order valence-electron chi connectivity index (χ2n) is 9.08. The van der Waals surface area contributed by atoms with Crippen molar-refractivity contribution in [1.29, 1.82) is 0 Å². The topological polar surface area (TPSA) is 71.4 Å². The number of fused-ring (bicyclic) bond motifs is 1. The lowest BCUT2D eigenvalue weighted by molar-refractivity contribution is 0.217. The molecule has 33 heavy (non-hydrogen) atoms. The van der Waals surface area contributed by atoms with Crippen molar-refractivity contribution < 1.29 is 0 Å². The van der Waals surface area contributed by atoms with Gasteiger partial charge in [0.25, 0.3) is 0 Å². The van der Waals surface area contributed by atoms with Gasteiger partial charge in [-0.1, -0.05) is 66.2 Å². The molecule has 8 heteroatoms. The minimum Gasteiger partial charge on any atom is -0.357 e. The van der Waals surface area contributed by atoms with Crippen LogP contribution in [0.3, 0.4) is 0 Å². The van der Waals surface area contributed by atoms with Gasteiger partial charge < -0.3 is 10.3 Å². The van der Waals surface area contributed by atoms with Crippen LogP contribution in [0.25, 0.3) is 16.6 Å². The first kappa shape index (κ1) is 22.4. The molecular weight excluding hydrogens is 455 g/mol. The van der Waals surface area contributed by atoms with Crippen LogP contribution in [0.2, 0.25) is 10.0 Å². The maximum absolute atomic E-state index is 6.44. The Bertz CT molecular complexity index is 1270. The van der Waals surface area contributed by atoms with E-state index in [1.54, 1.807) is 0 Å². The zero-order chi connectivity index (χ0) is 23.0. The van der Waals surface area contributed by atoms with E-state index in [9.17, 15) is 0 Å². The van der Waals surface area contributed by atoms with E-state index in [-0.39, 0.29) is 5.54 Å². The normalized spacial score (nSPS) is 15.9. The van der Waals surface area contributed by atoms with Crippen molar-refractivity contribution in [2.24, 2.45) is 0 Å². The molecule has 2 N–H and O–H groups in total. The van der Waals surface area contributed by atoms with E-state index in [0.717, 1.165) is 66.8 Å². The van der Waals surface area contributed by atoms with Crippen LogP contribution < -0.4 is 5.32 Å². The van der Waals surface area contributed by atoms with Crippen molar-refractivity contribution in [2.45, 2.75) is 57.9 Å². The van der Waals surface area contributed by atoms with E-state index in [1.807, 2.05) is 10.7 Å². The number of nitrogens with one attached hydrogen (secondary N) is 2. The number of benzene rings is 2. The van der Waals surface area contributed by atoms with Crippen molar-refractivity contribution in [1.82, 2.24) is 30.5 Å². The summed E-state index contributed by atoms with van der Waals surface area (Å²) in [7, 11) is 0. The van der Waals surface area contributed by atoms with E-state index in [4.69, 9.17) is 23.2 Å². The Morgan fingerprint density at radius 3 is 2.55 bits per heavy atom. The maximum Gasteiger partial charge on any atom is 0.176 e. The number of halogens is 2. The van der Waals surface area contributed by atoms with Crippen LogP contribution in [0.15, 0.2) is 36.4 Å². The van der Waals surface area contributed by atoms with Crippen LogP contribution in [-0.2, 0) is 12.0 Å². The third-order valence-electron chi connectivity index (χ3n) is 6.91. The quantitative estimate of drug-likeness (QED) is 0.350. The molecule has 2 heterocycles. The average molecular weight is 483 g/mol. The number of aryl methyl sites for hydroxylation is 2. The van der Waals surface area contributed by atoms with Gasteiger partial charge in [0.1, 0.15) is 0 Å². The number of hydrogen-bond donors (Lipinski definition) is 2. The fourth-order valence-electron chi connectivity index (χ4n) is 5.12. The Labute approximate surface area is 203 Å². The lowest BCUT2D eigenvalue weighted by atomic mass is 9.80. The molecule has 0 radical (unpaired) electrons. The van der Waals surface area contributed by atoms with Crippen LogP contribution in [-0.4, -0.2) is 31.7 Å². The highest BCUT2D eigenvalue weighted by Crippen LogP contribution is 2.37. The predicted molar refractivity (Wildman–Crippen MR) is 133 cm³/mol. The van der Waals surface area contributed by atoms with Gasteiger partial charge in [0.15, 0.2) is 5.82 Å². The number of aromatic nitrogens is 5. The fourth-order valence-corrected chi connectivity index (χ4v) is 5.49. The summed E-state index contributed by atoms with van der Waals surface area (Å²) in [5.41, 5.74) is 5.26. The molecule has 1 fully saturated rings. The number of H-pyrrole nitrogens is 1. The van der Waals surface area contributed by atoms with Crippen LogP contribution in [0.4, 0.5) is 0 Å². The van der Waals surface area contributed by atoms with Gasteiger partial charge in [-0.3, -0.25) is 0 Å². The van der Waals surface area contributed by atoms with Gasteiger partial charge in [0, 0.05) is 17.6 Å². The summed E-state index contributed by atoms with van der Waals surface area (Å²) in [6, 6.07) is 12.3. The van der Waals surface area contributed by atoms with E-state index < -0.39 is 0 Å². The van der Waals surface area contributed by atoms with Crippen molar-refractivity contribution in [3.63, 3.8) is 0 Å². The molecule has 0 atom stereocenters. The SMILES string of the molecule is Cc1ccc(-n2nnnc2C2(NCCc3c(C)[nH]c4c(Cl)c(Cl)ccc34)CCCCC2)cc1. The van der Waals surface area contributed by atoms with Crippen LogP contribution in [0, 0.1) is 13.8 Å². The molecule has 172 valence electrons. The third kappa shape index (κ3) is 4.16. The maximum atomic E-state index is 6.44. The highest BCUT2D eigenvalue weighted by Gasteiger charge is 2.38. The van der Waals surface area contributed by atoms with E-state index in [2.05, 4.69) is 70.0 Å². The molecule has 1 aliphatic carbocycles. The Morgan fingerprint density at radius 1 is 1.03 bits per heavy atom. The summed E-state index contributed by atoms with van der Waals surface area (Å²) in [6.45, 7) is 4.99. The minimum atomic E-state index is -0.242. The molecule has 5 rings (SSSR count). The first-order valence-corrected chi connectivity index (χ1v) is 12.3. The number of nitrogens with zero attached hydrogens (tertiary/aromatic N) is 4. The predicted octanol–water partition coefficient (Wildman–Crippen LogP) is 6.06. The van der Waals surface area contributed by atoms with Gasteiger partial charge in [-0.25, -0.2) is 0 Å². The molecular formula is C25H28Cl2N6. The Morgan fingerprint density at radius 2 is 1.79 bits per heavy atom. The molecule has 2 aromatic carbocycles. The molecule has 0 amide bonds. The molecule has 1 aliphatic rings. The van der Waals surface area contributed by atoms with Crippen LogP contribution >= 0.6 is 23.2 Å². The average Bonchev–Trinajstić information content (AvgIpc) is 3.44. The molecule has 0 saturated heterocycles. The van der Waals surface area contributed by atoms with E-state index in [0.29, 0.717) is 10.0 Å². The number of hydrogen-bond acceptors (Lipinski definition) is 4. The second kappa shape index (κ2) is 9.09. The van der Waals surface area contributed by atoms with Gasteiger partial charge >= 0.3 is 0 Å². The largest absolute Gasteiger partial charge is 0.357 e. The first-order chi connectivity index (χ1) is 16.0. The molecule has 6 nitrogen and oxygen atoms in total. The van der Waals surface area contributed by atoms with Gasteiger partial charge in [-0.05, 0) is 67.3 Å². The van der Waals surface area contributed by atoms with Gasteiger partial charge in [-0.15, -0.1) is 5.10 Å². The third-order valence-corrected chi connectivity index (χ3v) is 7.71. The lowest BCUT2D eigenvalue weighted by Crippen LogP contribution is -2.47. The van der Waals surface area contributed by atoms with Gasteiger partial charge in [0.2, 0.25) is 0 Å². The van der Waals surface area contributed by atoms with Gasteiger partial charge in [-0.2, -0.15) is 4.68 Å². The summed E-state index contributed by atoms with van der Waals surface area (Å²) in [5.74, 6) is 0.900. The number of aromatic amines is 1. The number of tetrazole rings is 1. The Balaban J connectivity index is 1.42. The fraction of sp³-hybridized carbons (Fsp3) is 0.400. The Kier molecular flexibility index (Phi) is 6.16. The van der Waals surface area contributed by atoms with Crippen LogP contribution in [0.1, 0.15) is 54.7 Å². The zero-order valence-corrected chi connectivity index (χ0v) is 20.5. The summed E-state index contributed by atoms with van der Waals surface area (Å²) in [5, 5.41) is 19.1. The Hall–Kier alpha value is -2.41. The minimum absolute atomic E-state index is 0.242. The summed E-state index contributed by atoms with van der Waals surface area (Å²) in [6.07, 6.45) is 6.48. The van der Waals surface area contributed by atoms with E-state index in [1.165, 1.54) is 17.5 Å². The molecule has 0 unspecified atom stereocenters. The summed E-state index contributed by atoms with van der Waals surface area (Å²) >= 11 is 12.7. The smallest absolute Gasteiger partial charge is 0.176 e. The molecule has 2 aromatic heterocycles. The monoisotopic (exact) mass is 482 g/mol. The van der Waals surface area contributed by atoms with Crippen LogP contribution in [0.5, 0.6) is 0 Å².